The van der Waals surface area contributed by atoms with Gasteiger partial charge in [0.25, 0.3) is 0 Å². The van der Waals surface area contributed by atoms with E-state index < -0.39 is 0 Å². The molecule has 0 aromatic carbocycles. The number of hydrogen-bond acceptors (Lipinski definition) is 2. The third-order valence-corrected chi connectivity index (χ3v) is 3.80. The Morgan fingerprint density at radius 3 is 2.75 bits per heavy atom. The highest BCUT2D eigenvalue weighted by Gasteiger charge is 2.17. The van der Waals surface area contributed by atoms with Gasteiger partial charge in [-0.3, -0.25) is 0 Å². The molecule has 16 heavy (non-hydrogen) atoms. The van der Waals surface area contributed by atoms with E-state index in [0.717, 1.165) is 22.8 Å². The third-order valence-electron chi connectivity index (χ3n) is 3.36. The van der Waals surface area contributed by atoms with Gasteiger partial charge in [-0.1, -0.05) is 13.0 Å². The maximum Gasteiger partial charge on any atom is 0.106 e. The molecule has 3 heteroatoms. The second-order valence-electron chi connectivity index (χ2n) is 4.79. The number of hydrogen-bond donors (Lipinski definition) is 1. The molecule has 0 radical (unpaired) electrons. The molecule has 2 rings (SSSR count). The Bertz CT molecular complexity index is 332. The summed E-state index contributed by atoms with van der Waals surface area (Å²) < 4.78 is 0.920. The van der Waals surface area contributed by atoms with Crippen LogP contribution in [0.1, 0.15) is 38.3 Å². The van der Waals surface area contributed by atoms with Crippen LogP contribution in [0.5, 0.6) is 0 Å². The van der Waals surface area contributed by atoms with Crippen LogP contribution in [0.4, 0.5) is 0 Å². The Kier molecular flexibility index (Phi) is 4.36. The van der Waals surface area contributed by atoms with E-state index in [-0.39, 0.29) is 0 Å². The Balaban J connectivity index is 1.79. The van der Waals surface area contributed by atoms with Crippen LogP contribution in [0.15, 0.2) is 22.8 Å². The Hall–Kier alpha value is -0.410. The van der Waals surface area contributed by atoms with Crippen LogP contribution < -0.4 is 5.32 Å². The van der Waals surface area contributed by atoms with Gasteiger partial charge >= 0.3 is 0 Å². The molecular weight excluding hydrogens is 264 g/mol. The quantitative estimate of drug-likeness (QED) is 0.859. The van der Waals surface area contributed by atoms with E-state index in [2.05, 4.69) is 39.2 Å². The molecule has 1 aliphatic rings. The van der Waals surface area contributed by atoms with Gasteiger partial charge < -0.3 is 5.32 Å². The van der Waals surface area contributed by atoms with Crippen molar-refractivity contribution in [1.82, 2.24) is 10.3 Å². The minimum atomic E-state index is 0.692. The lowest BCUT2D eigenvalue weighted by molar-refractivity contribution is 0.306. The van der Waals surface area contributed by atoms with Gasteiger partial charge in [0, 0.05) is 12.6 Å². The molecule has 0 spiro atoms. The zero-order chi connectivity index (χ0) is 11.4. The van der Waals surface area contributed by atoms with Crippen molar-refractivity contribution in [3.8, 4) is 0 Å². The summed E-state index contributed by atoms with van der Waals surface area (Å²) in [5.41, 5.74) is 1.12. The van der Waals surface area contributed by atoms with Crippen LogP contribution in [0.2, 0.25) is 0 Å². The van der Waals surface area contributed by atoms with Crippen molar-refractivity contribution in [2.45, 2.75) is 45.2 Å². The van der Waals surface area contributed by atoms with Crippen LogP contribution in [0.25, 0.3) is 0 Å². The summed E-state index contributed by atoms with van der Waals surface area (Å²) in [7, 11) is 0. The molecule has 0 aliphatic heterocycles. The Morgan fingerprint density at radius 2 is 2.06 bits per heavy atom. The second kappa shape index (κ2) is 5.78. The largest absolute Gasteiger partial charge is 0.308 e. The first-order valence-electron chi connectivity index (χ1n) is 6.09. The first-order chi connectivity index (χ1) is 7.74. The summed E-state index contributed by atoms with van der Waals surface area (Å²) in [5, 5.41) is 3.60. The van der Waals surface area contributed by atoms with Crippen molar-refractivity contribution in [1.29, 1.82) is 0 Å². The highest BCUT2D eigenvalue weighted by molar-refractivity contribution is 9.10. The van der Waals surface area contributed by atoms with Gasteiger partial charge in [-0.2, -0.15) is 0 Å². The fraction of sp³-hybridized carbons (Fsp3) is 0.615. The minimum Gasteiger partial charge on any atom is -0.308 e. The van der Waals surface area contributed by atoms with Gasteiger partial charge in [0.05, 0.1) is 5.69 Å². The van der Waals surface area contributed by atoms with Crippen molar-refractivity contribution >= 4 is 15.9 Å². The average molecular weight is 283 g/mol. The molecule has 1 aliphatic carbocycles. The summed E-state index contributed by atoms with van der Waals surface area (Å²) >= 11 is 3.40. The number of aromatic nitrogens is 1. The number of nitrogens with one attached hydrogen (secondary N) is 1. The zero-order valence-electron chi connectivity index (χ0n) is 9.75. The number of nitrogens with zero attached hydrogens (tertiary/aromatic N) is 1. The van der Waals surface area contributed by atoms with Gasteiger partial charge in [0.2, 0.25) is 0 Å². The van der Waals surface area contributed by atoms with Crippen LogP contribution in [0, 0.1) is 5.92 Å². The van der Waals surface area contributed by atoms with Gasteiger partial charge in [-0.15, -0.1) is 0 Å². The highest BCUT2D eigenvalue weighted by Crippen LogP contribution is 2.23. The fourth-order valence-corrected chi connectivity index (χ4v) is 2.64. The maximum atomic E-state index is 4.43. The number of pyridine rings is 1. The van der Waals surface area contributed by atoms with Crippen molar-refractivity contribution in [3.63, 3.8) is 0 Å². The van der Waals surface area contributed by atoms with Crippen molar-refractivity contribution in [3.05, 3.63) is 28.5 Å². The first-order valence-corrected chi connectivity index (χ1v) is 6.88. The lowest BCUT2D eigenvalue weighted by atomic mass is 9.87. The normalized spacial score (nSPS) is 25.6. The SMILES string of the molecule is CC1CCC(NCc2cccc(Br)n2)CC1. The van der Waals surface area contributed by atoms with E-state index in [1.54, 1.807) is 0 Å². The van der Waals surface area contributed by atoms with Crippen molar-refractivity contribution in [2.75, 3.05) is 0 Å². The Labute approximate surface area is 106 Å². The maximum absolute atomic E-state index is 4.43. The predicted molar refractivity (Wildman–Crippen MR) is 70.2 cm³/mol. The summed E-state index contributed by atoms with van der Waals surface area (Å²) in [6, 6.07) is 6.77. The van der Waals surface area contributed by atoms with E-state index in [0.29, 0.717) is 6.04 Å². The van der Waals surface area contributed by atoms with Crippen molar-refractivity contribution < 1.29 is 0 Å². The van der Waals surface area contributed by atoms with E-state index >= 15 is 0 Å². The summed E-state index contributed by atoms with van der Waals surface area (Å²) in [6.07, 6.45) is 5.36. The molecule has 0 atom stereocenters. The summed E-state index contributed by atoms with van der Waals surface area (Å²) in [5.74, 6) is 0.919. The van der Waals surface area contributed by atoms with Crippen LogP contribution >= 0.6 is 15.9 Å². The van der Waals surface area contributed by atoms with Crippen LogP contribution in [-0.2, 0) is 6.54 Å². The molecule has 1 fully saturated rings. The second-order valence-corrected chi connectivity index (χ2v) is 5.60. The fourth-order valence-electron chi connectivity index (χ4n) is 2.26. The Morgan fingerprint density at radius 1 is 1.31 bits per heavy atom. The summed E-state index contributed by atoms with van der Waals surface area (Å²) in [4.78, 5) is 4.43. The van der Waals surface area contributed by atoms with E-state index in [1.807, 2.05) is 12.1 Å². The smallest absolute Gasteiger partial charge is 0.106 e. The van der Waals surface area contributed by atoms with Crippen LogP contribution in [0.3, 0.4) is 0 Å². The topological polar surface area (TPSA) is 24.9 Å². The molecule has 0 amide bonds. The first kappa shape index (κ1) is 12.1. The molecule has 1 aromatic rings. The molecule has 0 bridgehead atoms. The number of halogens is 1. The molecule has 1 N–H and O–H groups in total. The van der Waals surface area contributed by atoms with Gasteiger partial charge in [0.15, 0.2) is 0 Å². The van der Waals surface area contributed by atoms with Gasteiger partial charge in [-0.05, 0) is 59.7 Å². The standard InChI is InChI=1S/C13H19BrN2/c1-10-5-7-11(8-6-10)15-9-12-3-2-4-13(14)16-12/h2-4,10-11,15H,5-9H2,1H3. The third kappa shape index (κ3) is 3.56. The van der Waals surface area contributed by atoms with E-state index in [4.69, 9.17) is 0 Å². The molecule has 88 valence electrons. The van der Waals surface area contributed by atoms with Crippen molar-refractivity contribution in [2.24, 2.45) is 5.92 Å². The molecule has 1 aromatic heterocycles. The monoisotopic (exact) mass is 282 g/mol. The van der Waals surface area contributed by atoms with Gasteiger partial charge in [0.1, 0.15) is 4.60 Å². The lowest BCUT2D eigenvalue weighted by Crippen LogP contribution is -2.32. The number of rotatable bonds is 3. The van der Waals surface area contributed by atoms with E-state index in [1.165, 1.54) is 25.7 Å². The molecule has 1 saturated carbocycles. The van der Waals surface area contributed by atoms with E-state index in [9.17, 15) is 0 Å². The molecule has 0 saturated heterocycles. The minimum absolute atomic E-state index is 0.692. The predicted octanol–water partition coefficient (Wildman–Crippen LogP) is 3.51. The average Bonchev–Trinajstić information content (AvgIpc) is 2.28. The molecule has 2 nitrogen and oxygen atoms in total. The zero-order valence-corrected chi connectivity index (χ0v) is 11.3. The molecule has 1 heterocycles. The lowest BCUT2D eigenvalue weighted by Gasteiger charge is -2.26. The van der Waals surface area contributed by atoms with Crippen LogP contribution in [-0.4, -0.2) is 11.0 Å². The molecule has 0 unspecified atom stereocenters. The molecular formula is C13H19BrN2. The highest BCUT2D eigenvalue weighted by atomic mass is 79.9. The van der Waals surface area contributed by atoms with Gasteiger partial charge in [-0.25, -0.2) is 4.98 Å². The summed E-state index contributed by atoms with van der Waals surface area (Å²) in [6.45, 7) is 3.24.